The number of amides is 1. The minimum atomic E-state index is 0.0811. The van der Waals surface area contributed by atoms with E-state index >= 15 is 0 Å². The van der Waals surface area contributed by atoms with Crippen molar-refractivity contribution < 1.29 is 9.90 Å². The molecule has 1 atom stereocenters. The summed E-state index contributed by atoms with van der Waals surface area (Å²) in [5, 5.41) is 9.38. The zero-order chi connectivity index (χ0) is 14.7. The summed E-state index contributed by atoms with van der Waals surface area (Å²) in [6.07, 6.45) is 4.31. The Morgan fingerprint density at radius 3 is 2.62 bits per heavy atom. The second-order valence-electron chi connectivity index (χ2n) is 4.95. The molecule has 5 heteroatoms. The summed E-state index contributed by atoms with van der Waals surface area (Å²) >= 11 is 1.66. The third kappa shape index (κ3) is 3.19. The molecule has 0 saturated carbocycles. The minimum Gasteiger partial charge on any atom is -0.508 e. The highest BCUT2D eigenvalue weighted by Crippen LogP contribution is 2.38. The lowest BCUT2D eigenvalue weighted by Crippen LogP contribution is -2.30. The summed E-state index contributed by atoms with van der Waals surface area (Å²) in [6.45, 7) is 0.684. The molecular formula is C16H16N2O2S. The first kappa shape index (κ1) is 13.9. The maximum atomic E-state index is 12.1. The number of nitrogens with zero attached hydrogens (tertiary/aromatic N) is 2. The van der Waals surface area contributed by atoms with Crippen LogP contribution in [0.4, 0.5) is 0 Å². The Kier molecular flexibility index (Phi) is 4.10. The molecule has 21 heavy (non-hydrogen) atoms. The number of phenolic OH excluding ortho intramolecular Hbond substituents is 1. The van der Waals surface area contributed by atoms with Crippen LogP contribution >= 0.6 is 11.8 Å². The van der Waals surface area contributed by atoms with Gasteiger partial charge in [0.25, 0.3) is 0 Å². The molecule has 1 aromatic heterocycles. The summed E-state index contributed by atoms with van der Waals surface area (Å²) < 4.78 is 0. The number of carbonyl (C=O) groups excluding carboxylic acids is 1. The van der Waals surface area contributed by atoms with Crippen molar-refractivity contribution in [2.75, 3.05) is 12.3 Å². The van der Waals surface area contributed by atoms with E-state index in [0.29, 0.717) is 12.3 Å². The number of benzene rings is 1. The van der Waals surface area contributed by atoms with Crippen molar-refractivity contribution in [1.29, 1.82) is 0 Å². The molecule has 1 N–H and O–H groups in total. The number of hydrogen-bond donors (Lipinski definition) is 1. The Morgan fingerprint density at radius 2 is 1.90 bits per heavy atom. The van der Waals surface area contributed by atoms with Crippen LogP contribution in [0.3, 0.4) is 0 Å². The third-order valence-electron chi connectivity index (χ3n) is 3.54. The van der Waals surface area contributed by atoms with Crippen LogP contribution in [-0.2, 0) is 11.2 Å². The van der Waals surface area contributed by atoms with Crippen LogP contribution in [0.1, 0.15) is 16.5 Å². The van der Waals surface area contributed by atoms with Gasteiger partial charge in [-0.05, 0) is 41.8 Å². The van der Waals surface area contributed by atoms with Crippen molar-refractivity contribution in [3.05, 3.63) is 59.9 Å². The molecule has 3 rings (SSSR count). The van der Waals surface area contributed by atoms with Crippen molar-refractivity contribution in [1.82, 2.24) is 9.88 Å². The topological polar surface area (TPSA) is 53.4 Å². The maximum Gasteiger partial charge on any atom is 0.233 e. The molecule has 4 nitrogen and oxygen atoms in total. The standard InChI is InChI=1S/C16H16N2O2S/c19-14-3-1-12(2-4-14)7-10-18-15(20)11-21-16(18)13-5-8-17-9-6-13/h1-6,8-9,16,19H,7,10-11H2. The summed E-state index contributed by atoms with van der Waals surface area (Å²) in [5.74, 6) is 0.976. The van der Waals surface area contributed by atoms with Gasteiger partial charge in [-0.25, -0.2) is 0 Å². The van der Waals surface area contributed by atoms with Crippen molar-refractivity contribution in [2.24, 2.45) is 0 Å². The number of thioether (sulfide) groups is 1. The molecule has 1 saturated heterocycles. The van der Waals surface area contributed by atoms with Crippen molar-refractivity contribution in [3.8, 4) is 5.75 Å². The second kappa shape index (κ2) is 6.18. The first-order valence-corrected chi connectivity index (χ1v) is 7.88. The van der Waals surface area contributed by atoms with E-state index in [1.165, 1.54) is 0 Å². The first-order valence-electron chi connectivity index (χ1n) is 6.83. The average molecular weight is 300 g/mol. The van der Waals surface area contributed by atoms with Crippen molar-refractivity contribution >= 4 is 17.7 Å². The molecule has 1 aliphatic rings. The van der Waals surface area contributed by atoms with Crippen LogP contribution < -0.4 is 0 Å². The number of aromatic hydroxyl groups is 1. The van der Waals surface area contributed by atoms with Crippen molar-refractivity contribution in [3.63, 3.8) is 0 Å². The van der Waals surface area contributed by atoms with E-state index in [2.05, 4.69) is 4.98 Å². The van der Waals surface area contributed by atoms with Gasteiger partial charge in [0.15, 0.2) is 0 Å². The quantitative estimate of drug-likeness (QED) is 0.943. The molecule has 1 aromatic carbocycles. The van der Waals surface area contributed by atoms with Crippen LogP contribution in [0.15, 0.2) is 48.8 Å². The van der Waals surface area contributed by atoms with Gasteiger partial charge in [-0.3, -0.25) is 9.78 Å². The largest absolute Gasteiger partial charge is 0.508 e. The fraction of sp³-hybridized carbons (Fsp3) is 0.250. The van der Waals surface area contributed by atoms with E-state index in [-0.39, 0.29) is 17.0 Å². The lowest BCUT2D eigenvalue weighted by Gasteiger charge is -2.24. The smallest absolute Gasteiger partial charge is 0.233 e. The number of hydrogen-bond acceptors (Lipinski definition) is 4. The zero-order valence-electron chi connectivity index (χ0n) is 11.5. The Hall–Kier alpha value is -2.01. The van der Waals surface area contributed by atoms with Gasteiger partial charge in [0, 0.05) is 18.9 Å². The highest BCUT2D eigenvalue weighted by molar-refractivity contribution is 8.00. The van der Waals surface area contributed by atoms with E-state index in [4.69, 9.17) is 0 Å². The molecule has 2 aromatic rings. The number of rotatable bonds is 4. The predicted octanol–water partition coefficient (Wildman–Crippen LogP) is 2.60. The molecule has 0 aliphatic carbocycles. The first-order chi connectivity index (χ1) is 10.2. The van der Waals surface area contributed by atoms with Gasteiger partial charge in [-0.2, -0.15) is 0 Å². The molecule has 108 valence electrons. The average Bonchev–Trinajstić information content (AvgIpc) is 2.89. The predicted molar refractivity (Wildman–Crippen MR) is 83.0 cm³/mol. The van der Waals surface area contributed by atoms with E-state index in [1.807, 2.05) is 29.2 Å². The number of phenols is 1. The van der Waals surface area contributed by atoms with E-state index in [9.17, 15) is 9.90 Å². The Morgan fingerprint density at radius 1 is 1.19 bits per heavy atom. The van der Waals surface area contributed by atoms with Gasteiger partial charge >= 0.3 is 0 Å². The van der Waals surface area contributed by atoms with Gasteiger partial charge in [0.2, 0.25) is 5.91 Å². The van der Waals surface area contributed by atoms with Crippen LogP contribution in [0, 0.1) is 0 Å². The van der Waals surface area contributed by atoms with Gasteiger partial charge in [0.1, 0.15) is 11.1 Å². The fourth-order valence-electron chi connectivity index (χ4n) is 2.41. The Labute approximate surface area is 127 Å². The summed E-state index contributed by atoms with van der Waals surface area (Å²) in [4.78, 5) is 18.0. The molecule has 0 radical (unpaired) electrons. The van der Waals surface area contributed by atoms with Gasteiger partial charge in [0.05, 0.1) is 5.75 Å². The van der Waals surface area contributed by atoms with Crippen LogP contribution in [0.5, 0.6) is 5.75 Å². The lowest BCUT2D eigenvalue weighted by molar-refractivity contribution is -0.128. The van der Waals surface area contributed by atoms with Crippen molar-refractivity contribution in [2.45, 2.75) is 11.8 Å². The summed E-state index contributed by atoms with van der Waals surface area (Å²) in [6, 6.07) is 11.1. The number of pyridine rings is 1. The van der Waals surface area contributed by atoms with Crippen LogP contribution in [0.25, 0.3) is 0 Å². The molecule has 0 bridgehead atoms. The lowest BCUT2D eigenvalue weighted by atomic mass is 10.1. The zero-order valence-corrected chi connectivity index (χ0v) is 12.3. The van der Waals surface area contributed by atoms with Gasteiger partial charge in [-0.1, -0.05) is 12.1 Å². The summed E-state index contributed by atoms with van der Waals surface area (Å²) in [5.41, 5.74) is 2.23. The summed E-state index contributed by atoms with van der Waals surface area (Å²) in [7, 11) is 0. The highest BCUT2D eigenvalue weighted by Gasteiger charge is 2.32. The minimum absolute atomic E-state index is 0.0811. The van der Waals surface area contributed by atoms with Gasteiger partial charge in [-0.15, -0.1) is 11.8 Å². The molecular weight excluding hydrogens is 284 g/mol. The monoisotopic (exact) mass is 300 g/mol. The Bertz CT molecular complexity index is 616. The van der Waals surface area contributed by atoms with Gasteiger partial charge < -0.3 is 10.0 Å². The molecule has 1 amide bonds. The maximum absolute atomic E-state index is 12.1. The molecule has 1 unspecified atom stereocenters. The normalized spacial score (nSPS) is 18.2. The van der Waals surface area contributed by atoms with E-state index in [0.717, 1.165) is 17.5 Å². The van der Waals surface area contributed by atoms with E-state index in [1.54, 1.807) is 36.3 Å². The molecule has 2 heterocycles. The van der Waals surface area contributed by atoms with Crippen LogP contribution in [0.2, 0.25) is 0 Å². The number of carbonyl (C=O) groups is 1. The van der Waals surface area contributed by atoms with Crippen LogP contribution in [-0.4, -0.2) is 33.2 Å². The fourth-order valence-corrected chi connectivity index (χ4v) is 3.63. The third-order valence-corrected chi connectivity index (χ3v) is 4.79. The molecule has 0 spiro atoms. The molecule has 1 aliphatic heterocycles. The SMILES string of the molecule is O=C1CSC(c2ccncc2)N1CCc1ccc(O)cc1. The highest BCUT2D eigenvalue weighted by atomic mass is 32.2. The Balaban J connectivity index is 1.70. The molecule has 1 fully saturated rings. The van der Waals surface area contributed by atoms with E-state index < -0.39 is 0 Å². The number of aromatic nitrogens is 1. The second-order valence-corrected chi connectivity index (χ2v) is 6.02.